The van der Waals surface area contributed by atoms with E-state index in [-0.39, 0.29) is 22.5 Å². The van der Waals surface area contributed by atoms with E-state index in [2.05, 4.69) is 10.0 Å². The summed E-state index contributed by atoms with van der Waals surface area (Å²) in [5, 5.41) is 2.58. The number of amides is 1. The van der Waals surface area contributed by atoms with Crippen LogP contribution in [0, 0.1) is 11.7 Å². The third-order valence-corrected chi connectivity index (χ3v) is 5.12. The van der Waals surface area contributed by atoms with E-state index in [0.717, 1.165) is 0 Å². The summed E-state index contributed by atoms with van der Waals surface area (Å²) < 4.78 is 41.1. The van der Waals surface area contributed by atoms with Crippen molar-refractivity contribution in [2.75, 3.05) is 5.32 Å². The van der Waals surface area contributed by atoms with Crippen LogP contribution in [0.5, 0.6) is 0 Å². The van der Waals surface area contributed by atoms with Gasteiger partial charge in [0.1, 0.15) is 5.82 Å². The second kappa shape index (κ2) is 7.76. The second-order valence-corrected chi connectivity index (χ2v) is 7.81. The highest BCUT2D eigenvalue weighted by Crippen LogP contribution is 2.25. The standard InChI is InChI=1S/C18H21FN2O3S/c1-12(2)18(14-4-6-15(19)7-5-14)21-25(23,24)17-10-8-16(9-11-17)20-13(3)22/h4-12,18,21H,1-3H3,(H,20,22)/t18-/m1/s1. The van der Waals surface area contributed by atoms with Crippen LogP contribution in [0.1, 0.15) is 32.4 Å². The Bertz CT molecular complexity index is 832. The van der Waals surface area contributed by atoms with Crippen molar-refractivity contribution in [1.29, 1.82) is 0 Å². The van der Waals surface area contributed by atoms with Gasteiger partial charge in [0.05, 0.1) is 4.90 Å². The molecule has 7 heteroatoms. The normalized spacial score (nSPS) is 12.8. The molecule has 134 valence electrons. The molecule has 2 aromatic carbocycles. The molecule has 0 fully saturated rings. The van der Waals surface area contributed by atoms with E-state index in [1.807, 2.05) is 13.8 Å². The Kier molecular flexibility index (Phi) is 5.92. The van der Waals surface area contributed by atoms with Crippen LogP contribution in [0.3, 0.4) is 0 Å². The third-order valence-electron chi connectivity index (χ3n) is 3.66. The van der Waals surface area contributed by atoms with Gasteiger partial charge in [-0.2, -0.15) is 0 Å². The summed E-state index contributed by atoms with van der Waals surface area (Å²) in [6, 6.07) is 11.2. The predicted octanol–water partition coefficient (Wildman–Crippen LogP) is 3.46. The first kappa shape index (κ1) is 19.1. The molecule has 2 rings (SSSR count). The molecule has 2 aromatic rings. The molecule has 1 amide bonds. The van der Waals surface area contributed by atoms with Crippen LogP contribution in [0.15, 0.2) is 53.4 Å². The number of carbonyl (C=O) groups is 1. The SMILES string of the molecule is CC(=O)Nc1ccc(S(=O)(=O)N[C@@H](c2ccc(F)cc2)C(C)C)cc1. The minimum Gasteiger partial charge on any atom is -0.326 e. The fourth-order valence-corrected chi connectivity index (χ4v) is 3.79. The molecule has 0 aliphatic heterocycles. The van der Waals surface area contributed by atoms with Crippen LogP contribution < -0.4 is 10.0 Å². The highest BCUT2D eigenvalue weighted by atomic mass is 32.2. The summed E-state index contributed by atoms with van der Waals surface area (Å²) in [6.07, 6.45) is 0. The van der Waals surface area contributed by atoms with E-state index in [1.54, 1.807) is 12.1 Å². The average molecular weight is 364 g/mol. The van der Waals surface area contributed by atoms with Crippen LogP contribution in [-0.4, -0.2) is 14.3 Å². The smallest absolute Gasteiger partial charge is 0.241 e. The summed E-state index contributed by atoms with van der Waals surface area (Å²) in [5.41, 5.74) is 1.21. The van der Waals surface area contributed by atoms with E-state index >= 15 is 0 Å². The maximum atomic E-state index is 13.1. The molecule has 0 aliphatic carbocycles. The maximum Gasteiger partial charge on any atom is 0.241 e. The quantitative estimate of drug-likeness (QED) is 0.824. The molecule has 0 aliphatic rings. The lowest BCUT2D eigenvalue weighted by atomic mass is 9.97. The highest BCUT2D eigenvalue weighted by molar-refractivity contribution is 7.89. The molecule has 0 spiro atoms. The van der Waals surface area contributed by atoms with Gasteiger partial charge in [0, 0.05) is 18.7 Å². The largest absolute Gasteiger partial charge is 0.326 e. The molecule has 0 saturated carbocycles. The van der Waals surface area contributed by atoms with E-state index in [9.17, 15) is 17.6 Å². The Balaban J connectivity index is 2.25. The lowest BCUT2D eigenvalue weighted by molar-refractivity contribution is -0.114. The number of benzene rings is 2. The number of carbonyl (C=O) groups excluding carboxylic acids is 1. The first-order valence-corrected chi connectivity index (χ1v) is 9.33. The van der Waals surface area contributed by atoms with Gasteiger partial charge in [-0.3, -0.25) is 4.79 Å². The number of sulfonamides is 1. The Morgan fingerprint density at radius 1 is 1.00 bits per heavy atom. The van der Waals surface area contributed by atoms with Gasteiger partial charge in [-0.25, -0.2) is 17.5 Å². The van der Waals surface area contributed by atoms with E-state index in [0.29, 0.717) is 11.3 Å². The van der Waals surface area contributed by atoms with Crippen LogP contribution >= 0.6 is 0 Å². The van der Waals surface area contributed by atoms with Gasteiger partial charge >= 0.3 is 0 Å². The van der Waals surface area contributed by atoms with Gasteiger partial charge in [-0.15, -0.1) is 0 Å². The first-order chi connectivity index (χ1) is 11.7. The summed E-state index contributed by atoms with van der Waals surface area (Å²) in [6.45, 7) is 5.15. The van der Waals surface area contributed by atoms with Crippen LogP contribution in [0.2, 0.25) is 0 Å². The predicted molar refractivity (Wildman–Crippen MR) is 95.0 cm³/mol. The van der Waals surface area contributed by atoms with Crippen molar-refractivity contribution >= 4 is 21.6 Å². The van der Waals surface area contributed by atoms with Crippen molar-refractivity contribution < 1.29 is 17.6 Å². The molecular formula is C18H21FN2O3S. The zero-order valence-electron chi connectivity index (χ0n) is 14.3. The molecule has 0 aromatic heterocycles. The van der Waals surface area contributed by atoms with Crippen LogP contribution in [0.25, 0.3) is 0 Å². The number of hydrogen-bond donors (Lipinski definition) is 2. The molecule has 1 atom stereocenters. The first-order valence-electron chi connectivity index (χ1n) is 7.84. The van der Waals surface area contributed by atoms with Crippen LogP contribution in [-0.2, 0) is 14.8 Å². The fraction of sp³-hybridized carbons (Fsp3) is 0.278. The number of hydrogen-bond acceptors (Lipinski definition) is 3. The number of halogens is 1. The molecule has 0 bridgehead atoms. The van der Waals surface area contributed by atoms with Gasteiger partial charge in [0.15, 0.2) is 0 Å². The molecule has 0 unspecified atom stereocenters. The van der Waals surface area contributed by atoms with Crippen molar-refractivity contribution in [3.05, 3.63) is 59.9 Å². The van der Waals surface area contributed by atoms with E-state index in [4.69, 9.17) is 0 Å². The minimum absolute atomic E-state index is 0.0288. The Hall–Kier alpha value is -2.25. The third kappa shape index (κ3) is 5.11. The Labute approximate surface area is 147 Å². The zero-order valence-corrected chi connectivity index (χ0v) is 15.1. The lowest BCUT2D eigenvalue weighted by Crippen LogP contribution is -2.31. The van der Waals surface area contributed by atoms with Crippen molar-refractivity contribution in [2.24, 2.45) is 5.92 Å². The van der Waals surface area contributed by atoms with Gasteiger partial charge in [0.2, 0.25) is 15.9 Å². The summed E-state index contributed by atoms with van der Waals surface area (Å²) in [5.74, 6) is -0.633. The van der Waals surface area contributed by atoms with Crippen LogP contribution in [0.4, 0.5) is 10.1 Å². The van der Waals surface area contributed by atoms with Crippen molar-refractivity contribution in [1.82, 2.24) is 4.72 Å². The van der Waals surface area contributed by atoms with Crippen molar-refractivity contribution in [2.45, 2.75) is 31.7 Å². The molecule has 0 radical (unpaired) electrons. The molecule has 25 heavy (non-hydrogen) atoms. The van der Waals surface area contributed by atoms with Crippen molar-refractivity contribution in [3.8, 4) is 0 Å². The monoisotopic (exact) mass is 364 g/mol. The average Bonchev–Trinajstić information content (AvgIpc) is 2.53. The highest BCUT2D eigenvalue weighted by Gasteiger charge is 2.24. The van der Waals surface area contributed by atoms with E-state index < -0.39 is 16.1 Å². The number of nitrogens with one attached hydrogen (secondary N) is 2. The summed E-state index contributed by atoms with van der Waals surface area (Å²) >= 11 is 0. The van der Waals surface area contributed by atoms with Crippen molar-refractivity contribution in [3.63, 3.8) is 0 Å². The fourth-order valence-electron chi connectivity index (χ4n) is 2.42. The molecule has 0 saturated heterocycles. The second-order valence-electron chi connectivity index (χ2n) is 6.10. The Morgan fingerprint density at radius 2 is 1.56 bits per heavy atom. The lowest BCUT2D eigenvalue weighted by Gasteiger charge is -2.23. The zero-order chi connectivity index (χ0) is 18.6. The van der Waals surface area contributed by atoms with Gasteiger partial charge < -0.3 is 5.32 Å². The Morgan fingerprint density at radius 3 is 2.04 bits per heavy atom. The number of rotatable bonds is 6. The van der Waals surface area contributed by atoms with Gasteiger partial charge in [0.25, 0.3) is 0 Å². The van der Waals surface area contributed by atoms with E-state index in [1.165, 1.54) is 43.3 Å². The molecule has 5 nitrogen and oxygen atoms in total. The van der Waals surface area contributed by atoms with Gasteiger partial charge in [-0.05, 0) is 47.9 Å². The molecular weight excluding hydrogens is 343 g/mol. The maximum absolute atomic E-state index is 13.1. The topological polar surface area (TPSA) is 75.3 Å². The number of anilines is 1. The molecule has 0 heterocycles. The van der Waals surface area contributed by atoms with Gasteiger partial charge in [-0.1, -0.05) is 26.0 Å². The summed E-state index contributed by atoms with van der Waals surface area (Å²) in [7, 11) is -3.76. The summed E-state index contributed by atoms with van der Waals surface area (Å²) in [4.78, 5) is 11.1. The molecule has 2 N–H and O–H groups in total. The minimum atomic E-state index is -3.76.